The molecule has 38 heavy (non-hydrogen) atoms. The number of rotatable bonds is 10. The first-order valence-electron chi connectivity index (χ1n) is 14.1. The Bertz CT molecular complexity index is 1230. The van der Waals surface area contributed by atoms with E-state index in [1.807, 2.05) is 32.0 Å². The van der Waals surface area contributed by atoms with E-state index in [0.717, 1.165) is 56.6 Å². The minimum Gasteiger partial charge on any atom is -0.326 e. The Morgan fingerprint density at radius 1 is 0.947 bits per heavy atom. The summed E-state index contributed by atoms with van der Waals surface area (Å²) < 4.78 is 0. The van der Waals surface area contributed by atoms with E-state index in [9.17, 15) is 9.59 Å². The van der Waals surface area contributed by atoms with Crippen LogP contribution < -0.4 is 5.32 Å². The zero-order valence-corrected chi connectivity index (χ0v) is 23.4. The number of nitrogens with one attached hydrogen (secondary N) is 1. The molecule has 1 aliphatic rings. The van der Waals surface area contributed by atoms with Crippen LogP contribution in [0.2, 0.25) is 0 Å². The number of hydrogen-bond acceptors (Lipinski definition) is 3. The lowest BCUT2D eigenvalue weighted by Gasteiger charge is -2.34. The van der Waals surface area contributed by atoms with Gasteiger partial charge in [-0.05, 0) is 111 Å². The maximum Gasteiger partial charge on any atom is 0.226 e. The van der Waals surface area contributed by atoms with Crippen LogP contribution >= 0.6 is 0 Å². The van der Waals surface area contributed by atoms with Gasteiger partial charge in [0.15, 0.2) is 5.78 Å². The third-order valence-corrected chi connectivity index (χ3v) is 7.98. The standard InChI is InChI=1S/C34H42N2O2/c1-24(2)34(38)35-32-14-13-25(3)33(23-32)29-15-18-36(19-16-29)20-17-31(28-10-6-5-7-11-28)22-27-9-8-12-30(21-27)26(4)37/h5-14,21,23-24,29,31H,15-20,22H2,1-4H3,(H,35,38)/t31-/m1/s1. The van der Waals surface area contributed by atoms with Gasteiger partial charge in [-0.1, -0.05) is 68.4 Å². The summed E-state index contributed by atoms with van der Waals surface area (Å²) in [6, 6.07) is 25.3. The van der Waals surface area contributed by atoms with Gasteiger partial charge in [-0.3, -0.25) is 9.59 Å². The number of nitrogens with zero attached hydrogens (tertiary/aromatic N) is 1. The number of aryl methyl sites for hydroxylation is 1. The van der Waals surface area contributed by atoms with Gasteiger partial charge in [-0.25, -0.2) is 0 Å². The number of Topliss-reactive ketones (excluding diaryl/α,β-unsaturated/α-hetero) is 1. The SMILES string of the molecule is CC(=O)c1cccc(C[C@@H](CCN2CCC(c3cc(NC(=O)C(C)C)ccc3C)CC2)c2ccccc2)c1. The summed E-state index contributed by atoms with van der Waals surface area (Å²) in [5.74, 6) is 1.10. The van der Waals surface area contributed by atoms with E-state index in [0.29, 0.717) is 11.8 Å². The molecule has 4 heteroatoms. The first-order chi connectivity index (χ1) is 18.3. The second-order valence-electron chi connectivity index (χ2n) is 11.2. The van der Waals surface area contributed by atoms with E-state index in [-0.39, 0.29) is 17.6 Å². The number of ketones is 1. The minimum absolute atomic E-state index is 0.0271. The van der Waals surface area contributed by atoms with Gasteiger partial charge in [0.05, 0.1) is 0 Å². The number of anilines is 1. The van der Waals surface area contributed by atoms with Crippen LogP contribution in [0, 0.1) is 12.8 Å². The van der Waals surface area contributed by atoms with E-state index in [4.69, 9.17) is 0 Å². The minimum atomic E-state index is -0.0271. The van der Waals surface area contributed by atoms with Crippen molar-refractivity contribution in [1.29, 1.82) is 0 Å². The molecule has 1 atom stereocenters. The second-order valence-corrected chi connectivity index (χ2v) is 11.2. The summed E-state index contributed by atoms with van der Waals surface area (Å²) in [4.78, 5) is 26.7. The first-order valence-corrected chi connectivity index (χ1v) is 14.1. The van der Waals surface area contributed by atoms with Crippen molar-refractivity contribution >= 4 is 17.4 Å². The number of carbonyl (C=O) groups is 2. The van der Waals surface area contributed by atoms with E-state index >= 15 is 0 Å². The summed E-state index contributed by atoms with van der Waals surface area (Å²) in [7, 11) is 0. The van der Waals surface area contributed by atoms with Gasteiger partial charge in [0, 0.05) is 17.2 Å². The average molecular weight is 511 g/mol. The predicted molar refractivity (Wildman–Crippen MR) is 157 cm³/mol. The van der Waals surface area contributed by atoms with Crippen LogP contribution in [0.25, 0.3) is 0 Å². The van der Waals surface area contributed by atoms with Gasteiger partial charge in [0.25, 0.3) is 0 Å². The zero-order valence-electron chi connectivity index (χ0n) is 23.4. The molecule has 0 unspecified atom stereocenters. The molecule has 0 aromatic heterocycles. The molecule has 200 valence electrons. The van der Waals surface area contributed by atoms with Crippen molar-refractivity contribution < 1.29 is 9.59 Å². The van der Waals surface area contributed by atoms with Crippen molar-refractivity contribution in [1.82, 2.24) is 4.90 Å². The summed E-state index contributed by atoms with van der Waals surface area (Å²) in [5.41, 5.74) is 6.98. The Morgan fingerprint density at radius 2 is 1.68 bits per heavy atom. The molecule has 1 heterocycles. The van der Waals surface area contributed by atoms with Crippen LogP contribution in [0.15, 0.2) is 72.8 Å². The van der Waals surface area contributed by atoms with E-state index in [1.54, 1.807) is 6.92 Å². The van der Waals surface area contributed by atoms with E-state index in [2.05, 4.69) is 71.7 Å². The van der Waals surface area contributed by atoms with Gasteiger partial charge in [0.1, 0.15) is 0 Å². The van der Waals surface area contributed by atoms with Crippen molar-refractivity contribution in [2.45, 2.75) is 65.2 Å². The van der Waals surface area contributed by atoms with Crippen LogP contribution in [0.1, 0.15) is 84.5 Å². The summed E-state index contributed by atoms with van der Waals surface area (Å²) >= 11 is 0. The fraction of sp³-hybridized carbons (Fsp3) is 0.412. The molecule has 0 aliphatic carbocycles. The fourth-order valence-electron chi connectivity index (χ4n) is 5.56. The Kier molecular flexibility index (Phi) is 9.52. The molecule has 1 aliphatic heterocycles. The molecule has 4 nitrogen and oxygen atoms in total. The molecular weight excluding hydrogens is 468 g/mol. The molecule has 4 rings (SSSR count). The molecule has 1 N–H and O–H groups in total. The molecule has 0 saturated carbocycles. The Labute approximate surface area is 228 Å². The van der Waals surface area contributed by atoms with E-state index in [1.165, 1.54) is 22.3 Å². The number of hydrogen-bond donors (Lipinski definition) is 1. The summed E-state index contributed by atoms with van der Waals surface area (Å²) in [5, 5.41) is 3.07. The maximum atomic E-state index is 12.2. The Morgan fingerprint density at radius 3 is 2.37 bits per heavy atom. The van der Waals surface area contributed by atoms with Crippen molar-refractivity contribution in [3.63, 3.8) is 0 Å². The van der Waals surface area contributed by atoms with Gasteiger partial charge in [0.2, 0.25) is 5.91 Å². The highest BCUT2D eigenvalue weighted by Crippen LogP contribution is 2.33. The highest BCUT2D eigenvalue weighted by molar-refractivity contribution is 5.94. The molecule has 1 saturated heterocycles. The summed E-state index contributed by atoms with van der Waals surface area (Å²) in [6.07, 6.45) is 4.31. The molecule has 0 bridgehead atoms. The Hall–Kier alpha value is -3.24. The van der Waals surface area contributed by atoms with Gasteiger partial charge >= 0.3 is 0 Å². The maximum absolute atomic E-state index is 12.2. The molecule has 3 aromatic carbocycles. The number of benzene rings is 3. The van der Waals surface area contributed by atoms with Crippen molar-refractivity contribution in [2.75, 3.05) is 25.0 Å². The number of carbonyl (C=O) groups excluding carboxylic acids is 2. The van der Waals surface area contributed by atoms with Gasteiger partial charge < -0.3 is 10.2 Å². The van der Waals surface area contributed by atoms with Crippen molar-refractivity contribution in [3.8, 4) is 0 Å². The third-order valence-electron chi connectivity index (χ3n) is 7.98. The summed E-state index contributed by atoms with van der Waals surface area (Å²) in [6.45, 7) is 10.9. The van der Waals surface area contributed by atoms with Crippen LogP contribution in [-0.4, -0.2) is 36.2 Å². The second kappa shape index (κ2) is 13.0. The third kappa shape index (κ3) is 7.41. The highest BCUT2D eigenvalue weighted by Gasteiger charge is 2.23. The first kappa shape index (κ1) is 27.8. The topological polar surface area (TPSA) is 49.4 Å². The monoisotopic (exact) mass is 510 g/mol. The Balaban J connectivity index is 1.37. The van der Waals surface area contributed by atoms with Crippen LogP contribution in [-0.2, 0) is 11.2 Å². The fourth-order valence-corrected chi connectivity index (χ4v) is 5.56. The lowest BCUT2D eigenvalue weighted by molar-refractivity contribution is -0.118. The number of likely N-dealkylation sites (tertiary alicyclic amines) is 1. The largest absolute Gasteiger partial charge is 0.326 e. The lowest BCUT2D eigenvalue weighted by atomic mass is 9.85. The van der Waals surface area contributed by atoms with Crippen molar-refractivity contribution in [3.05, 3.63) is 101 Å². The smallest absolute Gasteiger partial charge is 0.226 e. The van der Waals surface area contributed by atoms with Crippen molar-refractivity contribution in [2.24, 2.45) is 5.92 Å². The number of amides is 1. The van der Waals surface area contributed by atoms with Crippen LogP contribution in [0.3, 0.4) is 0 Å². The molecular formula is C34H42N2O2. The predicted octanol–water partition coefficient (Wildman–Crippen LogP) is 7.39. The molecule has 1 fully saturated rings. The molecule has 1 amide bonds. The normalized spacial score (nSPS) is 15.4. The lowest BCUT2D eigenvalue weighted by Crippen LogP contribution is -2.34. The average Bonchev–Trinajstić information content (AvgIpc) is 2.93. The van der Waals surface area contributed by atoms with Gasteiger partial charge in [-0.15, -0.1) is 0 Å². The highest BCUT2D eigenvalue weighted by atomic mass is 16.1. The van der Waals surface area contributed by atoms with Crippen LogP contribution in [0.4, 0.5) is 5.69 Å². The number of piperidine rings is 1. The van der Waals surface area contributed by atoms with Gasteiger partial charge in [-0.2, -0.15) is 0 Å². The quantitative estimate of drug-likeness (QED) is 0.289. The van der Waals surface area contributed by atoms with Crippen LogP contribution in [0.5, 0.6) is 0 Å². The van der Waals surface area contributed by atoms with E-state index < -0.39 is 0 Å². The molecule has 3 aromatic rings. The molecule has 0 spiro atoms. The molecule has 0 radical (unpaired) electrons. The zero-order chi connectivity index (χ0) is 27.1.